The quantitative estimate of drug-likeness (QED) is 0.383. The van der Waals surface area contributed by atoms with E-state index in [4.69, 9.17) is 11.6 Å². The predicted octanol–water partition coefficient (Wildman–Crippen LogP) is 4.34. The first-order valence-electron chi connectivity index (χ1n) is 10.4. The van der Waals surface area contributed by atoms with E-state index in [1.165, 1.54) is 6.92 Å². The Bertz CT molecular complexity index is 1100. The van der Waals surface area contributed by atoms with E-state index >= 15 is 0 Å². The highest BCUT2D eigenvalue weighted by Crippen LogP contribution is 2.37. The van der Waals surface area contributed by atoms with Crippen molar-refractivity contribution in [3.8, 4) is 5.75 Å². The van der Waals surface area contributed by atoms with Gasteiger partial charge in [0.15, 0.2) is 5.54 Å². The number of alkyl halides is 8. The number of hydrogen-bond acceptors (Lipinski definition) is 6. The number of aromatic nitrogens is 2. The molecule has 2 amide bonds. The van der Waals surface area contributed by atoms with Gasteiger partial charge in [0.2, 0.25) is 0 Å². The summed E-state index contributed by atoms with van der Waals surface area (Å²) >= 11 is 5.40. The molecule has 0 spiro atoms. The lowest BCUT2D eigenvalue weighted by Crippen LogP contribution is -2.61. The second-order valence-electron chi connectivity index (χ2n) is 8.04. The van der Waals surface area contributed by atoms with E-state index in [0.717, 1.165) is 43.0 Å². The third kappa shape index (κ3) is 6.97. The third-order valence-electron chi connectivity index (χ3n) is 5.48. The van der Waals surface area contributed by atoms with Crippen molar-refractivity contribution in [3.63, 3.8) is 0 Å². The molecule has 1 aromatic carbocycles. The second-order valence-corrected chi connectivity index (χ2v) is 8.43. The monoisotopic (exact) mass is 558 g/mol. The highest BCUT2D eigenvalue weighted by molar-refractivity contribution is 6.32. The lowest BCUT2D eigenvalue weighted by Gasteiger charge is -2.43. The minimum Gasteiger partial charge on any atom is -0.406 e. The summed E-state index contributed by atoms with van der Waals surface area (Å²) in [5.41, 5.74) is -5.15. The summed E-state index contributed by atoms with van der Waals surface area (Å²) in [5.74, 6) is -3.09. The van der Waals surface area contributed by atoms with Gasteiger partial charge >= 0.3 is 12.7 Å². The number of nitrogens with zero attached hydrogens (tertiary/aromatic N) is 3. The van der Waals surface area contributed by atoms with Crippen LogP contribution in [0.15, 0.2) is 43.0 Å². The van der Waals surface area contributed by atoms with Crippen molar-refractivity contribution in [1.82, 2.24) is 15.3 Å². The van der Waals surface area contributed by atoms with Gasteiger partial charge in [-0.1, -0.05) is 11.6 Å². The topological polar surface area (TPSA) is 93.6 Å². The van der Waals surface area contributed by atoms with E-state index in [1.807, 2.05) is 0 Å². The van der Waals surface area contributed by atoms with Gasteiger partial charge in [0.05, 0.1) is 6.10 Å². The fourth-order valence-electron chi connectivity index (χ4n) is 3.71. The number of carbonyl (C=O) groups is 2. The Hall–Kier alpha value is -3.20. The van der Waals surface area contributed by atoms with Crippen molar-refractivity contribution in [3.05, 3.63) is 48.5 Å². The molecule has 37 heavy (non-hydrogen) atoms. The molecule has 0 saturated heterocycles. The van der Waals surface area contributed by atoms with Gasteiger partial charge in [0, 0.05) is 29.7 Å². The molecule has 1 aliphatic rings. The lowest BCUT2D eigenvalue weighted by molar-refractivity contribution is -0.351. The number of carbonyl (C=O) groups excluding carboxylic acids is 2. The molecule has 0 aliphatic heterocycles. The molecule has 1 heterocycles. The Labute approximate surface area is 209 Å². The molecule has 8 nitrogen and oxygen atoms in total. The number of amides is 2. The fourth-order valence-corrected chi connectivity index (χ4v) is 3.80. The largest absolute Gasteiger partial charge is 0.573 e. The van der Waals surface area contributed by atoms with Crippen LogP contribution in [0.3, 0.4) is 0 Å². The van der Waals surface area contributed by atoms with Gasteiger partial charge in [0.1, 0.15) is 12.1 Å². The maximum atomic E-state index is 14.1. The molecule has 1 saturated carbocycles. The van der Waals surface area contributed by atoms with Gasteiger partial charge in [-0.3, -0.25) is 19.2 Å². The molecule has 0 bridgehead atoms. The zero-order valence-electron chi connectivity index (χ0n) is 18.7. The number of ether oxygens (including phenoxy) is 2. The Kier molecular flexibility index (Phi) is 8.17. The summed E-state index contributed by atoms with van der Waals surface area (Å²) in [7, 11) is 0. The Morgan fingerprint density at radius 1 is 1.05 bits per heavy atom. The summed E-state index contributed by atoms with van der Waals surface area (Å²) in [5, 5.41) is 2.48. The minimum absolute atomic E-state index is 0.0591. The first kappa shape index (κ1) is 28.4. The van der Waals surface area contributed by atoms with Crippen LogP contribution < -0.4 is 15.0 Å². The summed E-state index contributed by atoms with van der Waals surface area (Å²) in [6, 6.07) is 2.79. The van der Waals surface area contributed by atoms with Crippen molar-refractivity contribution >= 4 is 29.1 Å². The Balaban J connectivity index is 1.97. The fraction of sp³-hybridized carbons (Fsp3) is 0.429. The van der Waals surface area contributed by atoms with E-state index in [0.29, 0.717) is 4.90 Å². The van der Waals surface area contributed by atoms with Crippen LogP contribution in [0.5, 0.6) is 5.75 Å². The van der Waals surface area contributed by atoms with Crippen LogP contribution in [0, 0.1) is 0 Å². The predicted molar refractivity (Wildman–Crippen MR) is 113 cm³/mol. The smallest absolute Gasteiger partial charge is 0.406 e. The molecular formula is C21H18ClF7N4O4. The standard InChI is InChI=1S/C21H18ClF7N4O4/c1-19(11-8-30-10-31-9-11,18(35)32-12-6-15(7-12)37-21(27,28)29)33(17(34)16(22)23)13-2-4-14(5-3-13)36-20(24,25)26/h2-5,8-10,12,15-16H,6-7H2,1H3,(H,32,35)/t12?,15?,16-,19+/m0/s1. The zero-order valence-corrected chi connectivity index (χ0v) is 19.4. The van der Waals surface area contributed by atoms with Gasteiger partial charge in [-0.15, -0.1) is 26.3 Å². The molecule has 16 heteroatoms. The average Bonchev–Trinajstić information content (AvgIpc) is 2.77. The Morgan fingerprint density at radius 2 is 1.62 bits per heavy atom. The summed E-state index contributed by atoms with van der Waals surface area (Å²) < 4.78 is 96.7. The average molecular weight is 559 g/mol. The number of rotatable bonds is 8. The lowest BCUT2D eigenvalue weighted by atomic mass is 9.85. The molecular weight excluding hydrogens is 541 g/mol. The number of anilines is 1. The second kappa shape index (κ2) is 10.7. The first-order chi connectivity index (χ1) is 17.1. The Morgan fingerprint density at radius 3 is 2.11 bits per heavy atom. The molecule has 0 unspecified atom stereocenters. The van der Waals surface area contributed by atoms with Crippen LogP contribution in [0.25, 0.3) is 0 Å². The van der Waals surface area contributed by atoms with Crippen molar-refractivity contribution in [1.29, 1.82) is 0 Å². The van der Waals surface area contributed by atoms with Crippen LogP contribution >= 0.6 is 11.6 Å². The van der Waals surface area contributed by atoms with Crippen LogP contribution in [0.1, 0.15) is 25.3 Å². The number of benzene rings is 1. The van der Waals surface area contributed by atoms with Crippen molar-refractivity contribution in [2.24, 2.45) is 0 Å². The SMILES string of the molecule is C[C@](C(=O)NC1CC(OC(F)(F)F)C1)(c1cncnc1)N(C(=O)[C@H](F)Cl)c1ccc(OC(F)(F)F)cc1. The van der Waals surface area contributed by atoms with Crippen molar-refractivity contribution in [2.75, 3.05) is 4.90 Å². The van der Waals surface area contributed by atoms with Gasteiger partial charge in [-0.25, -0.2) is 14.4 Å². The number of nitrogens with one attached hydrogen (secondary N) is 1. The number of hydrogen-bond donors (Lipinski definition) is 1. The van der Waals surface area contributed by atoms with Gasteiger partial charge in [-0.05, 0) is 44.0 Å². The minimum atomic E-state index is -5.01. The molecule has 1 N–H and O–H groups in total. The van der Waals surface area contributed by atoms with E-state index in [1.54, 1.807) is 0 Å². The zero-order chi connectivity index (χ0) is 27.6. The highest BCUT2D eigenvalue weighted by Gasteiger charge is 2.49. The maximum Gasteiger partial charge on any atom is 0.573 e. The molecule has 1 fully saturated rings. The van der Waals surface area contributed by atoms with Crippen LogP contribution in [-0.2, 0) is 19.9 Å². The first-order valence-corrected chi connectivity index (χ1v) is 10.8. The van der Waals surface area contributed by atoms with E-state index in [-0.39, 0.29) is 24.1 Å². The molecule has 3 rings (SSSR count). The van der Waals surface area contributed by atoms with Gasteiger partial charge < -0.3 is 10.1 Å². The number of halogens is 8. The maximum absolute atomic E-state index is 14.1. The molecule has 0 radical (unpaired) electrons. The van der Waals surface area contributed by atoms with Gasteiger partial charge in [-0.2, -0.15) is 0 Å². The summed E-state index contributed by atoms with van der Waals surface area (Å²) in [4.78, 5) is 34.6. The van der Waals surface area contributed by atoms with Crippen LogP contribution in [-0.4, -0.2) is 52.3 Å². The molecule has 2 aromatic rings. The molecule has 202 valence electrons. The van der Waals surface area contributed by atoms with E-state index in [9.17, 15) is 40.3 Å². The highest BCUT2D eigenvalue weighted by atomic mass is 35.5. The van der Waals surface area contributed by atoms with Gasteiger partial charge in [0.25, 0.3) is 17.4 Å². The van der Waals surface area contributed by atoms with E-state index < -0.39 is 53.6 Å². The van der Waals surface area contributed by atoms with E-state index in [2.05, 4.69) is 24.8 Å². The normalized spacial score (nSPS) is 20.2. The molecule has 1 aliphatic carbocycles. The third-order valence-corrected chi connectivity index (χ3v) is 5.66. The van der Waals surface area contributed by atoms with Crippen molar-refractivity contribution < 1.29 is 49.8 Å². The van der Waals surface area contributed by atoms with Crippen LogP contribution in [0.4, 0.5) is 36.4 Å². The summed E-state index contributed by atoms with van der Waals surface area (Å²) in [6.07, 6.45) is -8.12. The molecule has 2 atom stereocenters. The van der Waals surface area contributed by atoms with Crippen LogP contribution in [0.2, 0.25) is 0 Å². The molecule has 1 aromatic heterocycles. The summed E-state index contributed by atoms with van der Waals surface area (Å²) in [6.45, 7) is 1.17. The van der Waals surface area contributed by atoms with Crippen molar-refractivity contribution in [2.45, 2.75) is 55.8 Å².